The van der Waals surface area contributed by atoms with Crippen molar-refractivity contribution in [3.05, 3.63) is 46.1 Å². The highest BCUT2D eigenvalue weighted by Crippen LogP contribution is 2.32. The molecule has 0 saturated carbocycles. The summed E-state index contributed by atoms with van der Waals surface area (Å²) in [5.74, 6) is -1.62. The third kappa shape index (κ3) is 2.53. The van der Waals surface area contributed by atoms with Gasteiger partial charge in [0.2, 0.25) is 5.82 Å². The summed E-state index contributed by atoms with van der Waals surface area (Å²) in [5.41, 5.74) is -3.03. The van der Waals surface area contributed by atoms with E-state index < -0.39 is 35.1 Å². The summed E-state index contributed by atoms with van der Waals surface area (Å²) >= 11 is 0. The Morgan fingerprint density at radius 3 is 2.25 bits per heavy atom. The lowest BCUT2D eigenvalue weighted by atomic mass is 10.2. The van der Waals surface area contributed by atoms with Crippen molar-refractivity contribution in [2.75, 3.05) is 0 Å². The average molecular weight is 297 g/mol. The first-order valence-electron chi connectivity index (χ1n) is 5.03. The fourth-order valence-corrected chi connectivity index (χ4v) is 1.55. The van der Waals surface area contributed by atoms with Crippen LogP contribution in [0.5, 0.6) is 0 Å². The molecule has 2 aromatic rings. The van der Waals surface area contributed by atoms with E-state index in [-0.39, 0.29) is 4.57 Å². The van der Waals surface area contributed by atoms with Crippen LogP contribution >= 0.6 is 0 Å². The fourth-order valence-electron chi connectivity index (χ4n) is 1.55. The lowest BCUT2D eigenvalue weighted by Crippen LogP contribution is -2.22. The molecule has 1 heterocycles. The van der Waals surface area contributed by atoms with Gasteiger partial charge in [-0.15, -0.1) is 5.10 Å². The summed E-state index contributed by atoms with van der Waals surface area (Å²) in [6.45, 7) is 0. The van der Waals surface area contributed by atoms with Crippen LogP contribution in [0.3, 0.4) is 0 Å². The monoisotopic (exact) mass is 297 g/mol. The van der Waals surface area contributed by atoms with Gasteiger partial charge in [0.15, 0.2) is 0 Å². The highest BCUT2D eigenvalue weighted by molar-refractivity contribution is 5.38. The zero-order valence-electron chi connectivity index (χ0n) is 9.38. The van der Waals surface area contributed by atoms with E-state index in [0.717, 1.165) is 12.1 Å². The number of hydrogen-bond donors (Lipinski definition) is 1. The molecule has 0 bridgehead atoms. The Morgan fingerprint density at radius 2 is 1.70 bits per heavy atom. The molecule has 0 aliphatic heterocycles. The van der Waals surface area contributed by atoms with E-state index in [4.69, 9.17) is 0 Å². The zero-order chi connectivity index (χ0) is 15.1. The van der Waals surface area contributed by atoms with Crippen LogP contribution in [0, 0.1) is 0 Å². The van der Waals surface area contributed by atoms with Crippen molar-refractivity contribution >= 4 is 0 Å². The van der Waals surface area contributed by atoms with Gasteiger partial charge < -0.3 is 0 Å². The molecule has 10 heteroatoms. The molecular formula is C10H5F6N3O. The summed E-state index contributed by atoms with van der Waals surface area (Å²) in [7, 11) is 0. The molecule has 0 spiro atoms. The van der Waals surface area contributed by atoms with Crippen molar-refractivity contribution in [1.29, 1.82) is 0 Å². The molecule has 2 rings (SSSR count). The minimum absolute atomic E-state index is 0.0369. The van der Waals surface area contributed by atoms with E-state index in [0.29, 0.717) is 12.1 Å². The number of nitrogens with one attached hydrogen (secondary N) is 1. The predicted octanol–water partition coefficient (Wildman–Crippen LogP) is 2.60. The highest BCUT2D eigenvalue weighted by atomic mass is 19.4. The minimum atomic E-state index is -4.98. The molecule has 0 atom stereocenters. The largest absolute Gasteiger partial charge is 0.452 e. The Labute approximate surface area is 106 Å². The Hall–Kier alpha value is -2.26. The van der Waals surface area contributed by atoms with Crippen LogP contribution in [-0.4, -0.2) is 14.8 Å². The van der Waals surface area contributed by atoms with Gasteiger partial charge in [-0.25, -0.2) is 14.5 Å². The smallest absolute Gasteiger partial charge is 0.246 e. The Balaban J connectivity index is 2.64. The van der Waals surface area contributed by atoms with Crippen molar-refractivity contribution in [2.45, 2.75) is 12.4 Å². The molecule has 1 N–H and O–H groups in total. The Morgan fingerprint density at radius 1 is 1.05 bits per heavy atom. The maximum absolute atomic E-state index is 12.6. The minimum Gasteiger partial charge on any atom is -0.246 e. The van der Waals surface area contributed by atoms with Crippen LogP contribution < -0.4 is 5.69 Å². The number of aromatic nitrogens is 3. The van der Waals surface area contributed by atoms with Gasteiger partial charge >= 0.3 is 18.0 Å². The molecule has 0 aliphatic rings. The van der Waals surface area contributed by atoms with Crippen molar-refractivity contribution in [3.8, 4) is 5.69 Å². The third-order valence-corrected chi connectivity index (χ3v) is 2.36. The number of halogens is 6. The average Bonchev–Trinajstić information content (AvgIpc) is 2.70. The van der Waals surface area contributed by atoms with Gasteiger partial charge in [-0.2, -0.15) is 26.3 Å². The van der Waals surface area contributed by atoms with Crippen molar-refractivity contribution in [1.82, 2.24) is 14.8 Å². The number of nitrogens with zero attached hydrogens (tertiary/aromatic N) is 2. The van der Waals surface area contributed by atoms with Crippen molar-refractivity contribution in [3.63, 3.8) is 0 Å². The summed E-state index contributed by atoms with van der Waals surface area (Å²) in [4.78, 5) is 11.3. The van der Waals surface area contributed by atoms with E-state index in [1.807, 2.05) is 0 Å². The van der Waals surface area contributed by atoms with Crippen LogP contribution in [0.25, 0.3) is 5.69 Å². The van der Waals surface area contributed by atoms with E-state index in [1.54, 1.807) is 5.10 Å². The van der Waals surface area contributed by atoms with Gasteiger partial charge in [-0.3, -0.25) is 0 Å². The highest BCUT2D eigenvalue weighted by Gasteiger charge is 2.39. The molecular weight excluding hydrogens is 292 g/mol. The van der Waals surface area contributed by atoms with E-state index in [2.05, 4.69) is 5.10 Å². The standard InChI is InChI=1S/C10H5F6N3O/c11-9(12,13)5-2-1-3-6(4-5)19-7(10(14,15)16)17-18-8(19)20/h1-4H,(H,18,20). The normalized spacial score (nSPS) is 12.7. The molecule has 20 heavy (non-hydrogen) atoms. The van der Waals surface area contributed by atoms with Gasteiger partial charge in [-0.1, -0.05) is 6.07 Å². The zero-order valence-corrected chi connectivity index (χ0v) is 9.38. The molecule has 108 valence electrons. The molecule has 0 radical (unpaired) electrons. The molecule has 0 unspecified atom stereocenters. The topological polar surface area (TPSA) is 50.7 Å². The molecule has 1 aromatic heterocycles. The number of alkyl halides is 6. The SMILES string of the molecule is O=c1[nH]nc(C(F)(F)F)n1-c1cccc(C(F)(F)F)c1. The third-order valence-electron chi connectivity index (χ3n) is 2.36. The summed E-state index contributed by atoms with van der Waals surface area (Å²) in [5, 5.41) is 4.33. The van der Waals surface area contributed by atoms with E-state index in [9.17, 15) is 31.1 Å². The van der Waals surface area contributed by atoms with Crippen molar-refractivity contribution in [2.24, 2.45) is 0 Å². The van der Waals surface area contributed by atoms with Crippen LogP contribution in [0.15, 0.2) is 29.1 Å². The van der Waals surface area contributed by atoms with Crippen LogP contribution in [0.2, 0.25) is 0 Å². The lowest BCUT2D eigenvalue weighted by Gasteiger charge is -2.11. The quantitative estimate of drug-likeness (QED) is 0.823. The number of H-pyrrole nitrogens is 1. The summed E-state index contributed by atoms with van der Waals surface area (Å²) in [6, 6.07) is 2.97. The molecule has 4 nitrogen and oxygen atoms in total. The predicted molar refractivity (Wildman–Crippen MR) is 54.2 cm³/mol. The summed E-state index contributed by atoms with van der Waals surface area (Å²) in [6.07, 6.45) is -9.71. The maximum atomic E-state index is 12.6. The lowest BCUT2D eigenvalue weighted by molar-refractivity contribution is -0.146. The second kappa shape index (κ2) is 4.39. The van der Waals surface area contributed by atoms with Gasteiger partial charge in [0, 0.05) is 0 Å². The number of hydrogen-bond acceptors (Lipinski definition) is 2. The van der Waals surface area contributed by atoms with Crippen LogP contribution in [0.4, 0.5) is 26.3 Å². The molecule has 0 aliphatic carbocycles. The van der Waals surface area contributed by atoms with Crippen LogP contribution in [0.1, 0.15) is 11.4 Å². The number of rotatable bonds is 1. The van der Waals surface area contributed by atoms with Gasteiger partial charge in [0.1, 0.15) is 0 Å². The van der Waals surface area contributed by atoms with Gasteiger partial charge in [0.25, 0.3) is 0 Å². The van der Waals surface area contributed by atoms with Crippen LogP contribution in [-0.2, 0) is 12.4 Å². The van der Waals surface area contributed by atoms with E-state index >= 15 is 0 Å². The second-order valence-corrected chi connectivity index (χ2v) is 3.73. The maximum Gasteiger partial charge on any atom is 0.452 e. The second-order valence-electron chi connectivity index (χ2n) is 3.73. The first kappa shape index (κ1) is 14.2. The molecule has 0 amide bonds. The number of aromatic amines is 1. The van der Waals surface area contributed by atoms with Gasteiger partial charge in [0.05, 0.1) is 11.3 Å². The Kier molecular flexibility index (Phi) is 3.11. The molecule has 0 fully saturated rings. The first-order chi connectivity index (χ1) is 9.10. The summed E-state index contributed by atoms with van der Waals surface area (Å²) < 4.78 is 75.4. The van der Waals surface area contributed by atoms with E-state index in [1.165, 1.54) is 0 Å². The fraction of sp³-hybridized carbons (Fsp3) is 0.200. The molecule has 0 saturated heterocycles. The molecule has 1 aromatic carbocycles. The van der Waals surface area contributed by atoms with Gasteiger partial charge in [-0.05, 0) is 18.2 Å². The Bertz CT molecular complexity index is 681. The first-order valence-corrected chi connectivity index (χ1v) is 5.03. The van der Waals surface area contributed by atoms with Crippen molar-refractivity contribution < 1.29 is 26.3 Å². The number of benzene rings is 1.